The molecule has 3 aromatic rings. The summed E-state index contributed by atoms with van der Waals surface area (Å²) < 4.78 is 25.1. The van der Waals surface area contributed by atoms with Crippen LogP contribution in [-0.2, 0) is 21.2 Å². The topological polar surface area (TPSA) is 89.3 Å². The predicted octanol–water partition coefficient (Wildman–Crippen LogP) is 2.92. The number of aryl methyl sites for hydroxylation is 1. The van der Waals surface area contributed by atoms with Crippen molar-refractivity contribution in [3.63, 3.8) is 0 Å². The Kier molecular flexibility index (Phi) is 5.82. The van der Waals surface area contributed by atoms with Crippen LogP contribution < -0.4 is 5.56 Å². The second-order valence-electron chi connectivity index (χ2n) is 7.56. The smallest absolute Gasteiger partial charge is 0.263 e. The third-order valence-electron chi connectivity index (χ3n) is 5.31. The lowest BCUT2D eigenvalue weighted by atomic mass is 10.2. The molecular weight excluding hydrogens is 442 g/mol. The maximum absolute atomic E-state index is 13.2. The van der Waals surface area contributed by atoms with E-state index in [9.17, 15) is 18.0 Å². The minimum absolute atomic E-state index is 0.00265. The van der Waals surface area contributed by atoms with Gasteiger partial charge in [0.15, 0.2) is 9.84 Å². The molecule has 1 aliphatic rings. The summed E-state index contributed by atoms with van der Waals surface area (Å²) >= 11 is 3.03. The summed E-state index contributed by atoms with van der Waals surface area (Å²) in [6, 6.07) is 3.69. The van der Waals surface area contributed by atoms with Crippen molar-refractivity contribution in [2.75, 3.05) is 18.1 Å². The number of fused-ring (bicyclic) bond motifs is 1. The summed E-state index contributed by atoms with van der Waals surface area (Å²) in [4.78, 5) is 35.1. The largest absolute Gasteiger partial charge is 0.337 e. The van der Waals surface area contributed by atoms with Crippen molar-refractivity contribution in [1.29, 1.82) is 0 Å². The summed E-state index contributed by atoms with van der Waals surface area (Å²) in [6.45, 7) is 4.30. The van der Waals surface area contributed by atoms with Crippen molar-refractivity contribution in [1.82, 2.24) is 14.5 Å². The van der Waals surface area contributed by atoms with Crippen molar-refractivity contribution in [3.8, 4) is 10.4 Å². The first kappa shape index (κ1) is 21.2. The van der Waals surface area contributed by atoms with E-state index in [0.29, 0.717) is 23.2 Å². The van der Waals surface area contributed by atoms with Gasteiger partial charge in [-0.1, -0.05) is 6.92 Å². The Labute approximate surface area is 182 Å². The van der Waals surface area contributed by atoms with Crippen LogP contribution in [0, 0.1) is 6.92 Å². The third-order valence-corrected chi connectivity index (χ3v) is 8.98. The highest BCUT2D eigenvalue weighted by Gasteiger charge is 2.34. The number of nitrogens with zero attached hydrogens (tertiary/aromatic N) is 3. The summed E-state index contributed by atoms with van der Waals surface area (Å²) in [7, 11) is -3.10. The number of carbonyl (C=O) groups is 1. The van der Waals surface area contributed by atoms with E-state index in [1.807, 2.05) is 31.4 Å². The van der Waals surface area contributed by atoms with Gasteiger partial charge in [-0.25, -0.2) is 13.4 Å². The quantitative estimate of drug-likeness (QED) is 0.558. The molecule has 0 spiro atoms. The molecule has 160 valence electrons. The number of amides is 1. The normalized spacial score (nSPS) is 18.1. The fraction of sp³-hybridized carbons (Fsp3) is 0.450. The van der Waals surface area contributed by atoms with Crippen molar-refractivity contribution in [2.45, 2.75) is 39.3 Å². The molecule has 1 atom stereocenters. The highest BCUT2D eigenvalue weighted by Crippen LogP contribution is 2.34. The fourth-order valence-electron chi connectivity index (χ4n) is 3.85. The summed E-state index contributed by atoms with van der Waals surface area (Å²) in [6.07, 6.45) is 2.59. The standard InChI is InChI=1S/C20H23N3O4S3/c1-3-7-23(14-6-8-30(26,27)11-14)17(24)9-22-12-21-19-18(20(22)25)15(10-28-19)16-5-4-13(2)29-16/h4-5,10,12,14H,3,6-9,11H2,1-2H3. The SMILES string of the molecule is CCCN(C(=O)Cn1cnc2scc(-c3ccc(C)s3)c2c1=O)C1CCS(=O)(=O)C1. The van der Waals surface area contributed by atoms with Crippen molar-refractivity contribution >= 4 is 48.6 Å². The minimum Gasteiger partial charge on any atom is -0.337 e. The zero-order valence-corrected chi connectivity index (χ0v) is 19.3. The number of carbonyl (C=O) groups excluding carboxylic acids is 1. The van der Waals surface area contributed by atoms with Crippen LogP contribution in [0.1, 0.15) is 24.6 Å². The Morgan fingerprint density at radius 3 is 2.80 bits per heavy atom. The van der Waals surface area contributed by atoms with Crippen LogP contribution in [0.5, 0.6) is 0 Å². The molecule has 0 aliphatic carbocycles. The molecular formula is C20H23N3O4S3. The molecule has 30 heavy (non-hydrogen) atoms. The van der Waals surface area contributed by atoms with Crippen LogP contribution >= 0.6 is 22.7 Å². The Morgan fingerprint density at radius 2 is 2.17 bits per heavy atom. The maximum Gasteiger partial charge on any atom is 0.263 e. The van der Waals surface area contributed by atoms with Gasteiger partial charge in [0.05, 0.1) is 23.2 Å². The Bertz CT molecular complexity index is 1260. The summed E-state index contributed by atoms with van der Waals surface area (Å²) in [5, 5.41) is 2.46. The second kappa shape index (κ2) is 8.24. The van der Waals surface area contributed by atoms with E-state index < -0.39 is 9.84 Å². The second-order valence-corrected chi connectivity index (χ2v) is 11.9. The number of sulfone groups is 1. The van der Waals surface area contributed by atoms with Crippen LogP contribution in [0.25, 0.3) is 20.7 Å². The molecule has 4 heterocycles. The van der Waals surface area contributed by atoms with Gasteiger partial charge in [0.1, 0.15) is 11.4 Å². The first-order chi connectivity index (χ1) is 14.3. The number of hydrogen-bond donors (Lipinski definition) is 0. The highest BCUT2D eigenvalue weighted by molar-refractivity contribution is 7.91. The molecule has 1 fully saturated rings. The van der Waals surface area contributed by atoms with Crippen molar-refractivity contribution in [2.24, 2.45) is 0 Å². The molecule has 0 N–H and O–H groups in total. The first-order valence-corrected chi connectivity index (χ1v) is 13.3. The predicted molar refractivity (Wildman–Crippen MR) is 121 cm³/mol. The molecule has 4 rings (SSSR count). The van der Waals surface area contributed by atoms with Crippen LogP contribution in [0.2, 0.25) is 0 Å². The molecule has 0 bridgehead atoms. The van der Waals surface area contributed by atoms with Crippen molar-refractivity contribution < 1.29 is 13.2 Å². The molecule has 0 aromatic carbocycles. The van der Waals surface area contributed by atoms with Crippen molar-refractivity contribution in [3.05, 3.63) is 39.1 Å². The Morgan fingerprint density at radius 1 is 1.37 bits per heavy atom. The van der Waals surface area contributed by atoms with E-state index in [0.717, 1.165) is 21.7 Å². The van der Waals surface area contributed by atoms with E-state index in [1.54, 1.807) is 16.2 Å². The van der Waals surface area contributed by atoms with Gasteiger partial charge in [-0.15, -0.1) is 22.7 Å². The fourth-order valence-corrected chi connectivity index (χ4v) is 7.44. The average molecular weight is 466 g/mol. The van der Waals surface area contributed by atoms with Crippen LogP contribution in [0.3, 0.4) is 0 Å². The molecule has 10 heteroatoms. The van der Waals surface area contributed by atoms with Gasteiger partial charge < -0.3 is 4.90 Å². The average Bonchev–Trinajstić information content (AvgIpc) is 3.40. The molecule has 0 saturated carbocycles. The lowest BCUT2D eigenvalue weighted by Crippen LogP contribution is -2.44. The highest BCUT2D eigenvalue weighted by atomic mass is 32.2. The van der Waals surface area contributed by atoms with Gasteiger partial charge in [-0.3, -0.25) is 14.2 Å². The van der Waals surface area contributed by atoms with Gasteiger partial charge in [-0.2, -0.15) is 0 Å². The van der Waals surface area contributed by atoms with E-state index in [1.165, 1.54) is 22.2 Å². The first-order valence-electron chi connectivity index (χ1n) is 9.82. The number of aromatic nitrogens is 2. The number of thiophene rings is 2. The molecule has 3 aromatic heterocycles. The van der Waals surface area contributed by atoms with E-state index in [4.69, 9.17) is 0 Å². The Hall–Kier alpha value is -2.04. The van der Waals surface area contributed by atoms with Gasteiger partial charge in [0.2, 0.25) is 5.91 Å². The lowest BCUT2D eigenvalue weighted by molar-refractivity contribution is -0.133. The molecule has 0 radical (unpaired) electrons. The monoisotopic (exact) mass is 465 g/mol. The molecule has 1 saturated heterocycles. The van der Waals surface area contributed by atoms with Gasteiger partial charge >= 0.3 is 0 Å². The molecule has 1 aliphatic heterocycles. The zero-order chi connectivity index (χ0) is 21.5. The zero-order valence-electron chi connectivity index (χ0n) is 16.8. The third kappa shape index (κ3) is 4.08. The maximum atomic E-state index is 13.2. The van der Waals surface area contributed by atoms with Gasteiger partial charge in [0, 0.05) is 33.3 Å². The van der Waals surface area contributed by atoms with E-state index in [2.05, 4.69) is 4.98 Å². The van der Waals surface area contributed by atoms with Gasteiger partial charge in [-0.05, 0) is 31.9 Å². The number of hydrogen-bond acceptors (Lipinski definition) is 7. The van der Waals surface area contributed by atoms with Crippen LogP contribution in [0.4, 0.5) is 0 Å². The minimum atomic E-state index is -3.10. The summed E-state index contributed by atoms with van der Waals surface area (Å²) in [5.74, 6) is -0.139. The molecule has 7 nitrogen and oxygen atoms in total. The molecule has 1 amide bonds. The summed E-state index contributed by atoms with van der Waals surface area (Å²) in [5.41, 5.74) is 0.603. The Balaban J connectivity index is 1.65. The van der Waals surface area contributed by atoms with Crippen LogP contribution in [-0.4, -0.2) is 52.9 Å². The van der Waals surface area contributed by atoms with E-state index in [-0.39, 0.29) is 35.6 Å². The molecule has 1 unspecified atom stereocenters. The van der Waals surface area contributed by atoms with Gasteiger partial charge in [0.25, 0.3) is 5.56 Å². The van der Waals surface area contributed by atoms with E-state index >= 15 is 0 Å². The number of rotatable bonds is 6. The lowest BCUT2D eigenvalue weighted by Gasteiger charge is -2.28. The van der Waals surface area contributed by atoms with Crippen LogP contribution in [0.15, 0.2) is 28.6 Å².